The SMILES string of the molecule is CCC(C(=O)O)N(C)C(=O)C1(NC(=O)OCC2c3ccccc3-c3ccccc32)CCCCC1. The van der Waals surface area contributed by atoms with Crippen LogP contribution in [0.25, 0.3) is 11.1 Å². The highest BCUT2D eigenvalue weighted by Gasteiger charge is 2.45. The molecule has 2 aromatic carbocycles. The molecule has 2 N–H and O–H groups in total. The third kappa shape index (κ3) is 4.39. The van der Waals surface area contributed by atoms with Gasteiger partial charge in [0.1, 0.15) is 18.2 Å². The zero-order valence-corrected chi connectivity index (χ0v) is 19.8. The molecule has 1 unspecified atom stereocenters. The first-order chi connectivity index (χ1) is 16.4. The minimum atomic E-state index is -1.14. The van der Waals surface area contributed by atoms with E-state index in [0.717, 1.165) is 41.5 Å². The van der Waals surface area contributed by atoms with Crippen molar-refractivity contribution in [3.05, 3.63) is 59.7 Å². The molecule has 0 aliphatic heterocycles. The summed E-state index contributed by atoms with van der Waals surface area (Å²) in [5.74, 6) is -1.49. The molecule has 0 spiro atoms. The lowest BCUT2D eigenvalue weighted by Gasteiger charge is -2.40. The molecule has 1 atom stereocenters. The lowest BCUT2D eigenvalue weighted by atomic mass is 9.80. The number of ether oxygens (including phenoxy) is 1. The highest BCUT2D eigenvalue weighted by molar-refractivity contribution is 5.92. The van der Waals surface area contributed by atoms with Gasteiger partial charge in [0.2, 0.25) is 5.91 Å². The molecule has 7 nitrogen and oxygen atoms in total. The van der Waals surface area contributed by atoms with E-state index in [-0.39, 0.29) is 18.4 Å². The molecule has 0 aromatic heterocycles. The number of amides is 2. The van der Waals surface area contributed by atoms with Gasteiger partial charge in [0.15, 0.2) is 0 Å². The van der Waals surface area contributed by atoms with Crippen LogP contribution >= 0.6 is 0 Å². The monoisotopic (exact) mass is 464 g/mol. The van der Waals surface area contributed by atoms with Gasteiger partial charge in [0, 0.05) is 13.0 Å². The van der Waals surface area contributed by atoms with Crippen LogP contribution in [0.4, 0.5) is 4.79 Å². The lowest BCUT2D eigenvalue weighted by Crippen LogP contribution is -2.62. The number of likely N-dealkylation sites (N-methyl/N-ethyl adjacent to an activating group) is 1. The number of carbonyl (C=O) groups excluding carboxylic acids is 2. The maximum atomic E-state index is 13.4. The Bertz CT molecular complexity index is 1030. The fourth-order valence-electron chi connectivity index (χ4n) is 5.47. The standard InChI is InChI=1S/C27H32N2O5/c1-3-23(24(30)31)29(2)25(32)27(15-9-4-10-16-27)28-26(33)34-17-22-20-13-7-5-11-18(20)19-12-6-8-14-21(19)22/h5-8,11-14,22-23H,3-4,9-10,15-17H2,1-2H3,(H,28,33)(H,30,31). The Labute approximate surface area is 200 Å². The molecule has 34 heavy (non-hydrogen) atoms. The van der Waals surface area contributed by atoms with Crippen molar-refractivity contribution in [2.24, 2.45) is 0 Å². The van der Waals surface area contributed by atoms with Gasteiger partial charge in [0.05, 0.1) is 0 Å². The predicted octanol–water partition coefficient (Wildman–Crippen LogP) is 4.55. The molecule has 1 fully saturated rings. The van der Waals surface area contributed by atoms with Gasteiger partial charge < -0.3 is 20.1 Å². The van der Waals surface area contributed by atoms with Crippen molar-refractivity contribution in [1.82, 2.24) is 10.2 Å². The van der Waals surface area contributed by atoms with Crippen LogP contribution in [0, 0.1) is 0 Å². The van der Waals surface area contributed by atoms with Gasteiger partial charge in [-0.2, -0.15) is 0 Å². The molecule has 180 valence electrons. The average molecular weight is 465 g/mol. The van der Waals surface area contributed by atoms with Gasteiger partial charge in [-0.05, 0) is 41.5 Å². The van der Waals surface area contributed by atoms with Gasteiger partial charge in [0.25, 0.3) is 0 Å². The van der Waals surface area contributed by atoms with Gasteiger partial charge in [-0.25, -0.2) is 9.59 Å². The summed E-state index contributed by atoms with van der Waals surface area (Å²) in [6.45, 7) is 1.89. The topological polar surface area (TPSA) is 95.9 Å². The van der Waals surface area contributed by atoms with Crippen LogP contribution in [-0.4, -0.2) is 53.2 Å². The molecule has 2 aromatic rings. The molecular formula is C27H32N2O5. The molecule has 0 saturated heterocycles. The first-order valence-corrected chi connectivity index (χ1v) is 12.0. The summed E-state index contributed by atoms with van der Waals surface area (Å²) < 4.78 is 5.69. The zero-order valence-electron chi connectivity index (χ0n) is 19.8. The summed E-state index contributed by atoms with van der Waals surface area (Å²) >= 11 is 0. The van der Waals surface area contributed by atoms with Crippen molar-refractivity contribution in [3.63, 3.8) is 0 Å². The number of benzene rings is 2. The van der Waals surface area contributed by atoms with E-state index >= 15 is 0 Å². The van der Waals surface area contributed by atoms with Crippen LogP contribution in [0.2, 0.25) is 0 Å². The van der Waals surface area contributed by atoms with E-state index < -0.39 is 23.6 Å². The van der Waals surface area contributed by atoms with Gasteiger partial charge >= 0.3 is 12.1 Å². The first kappa shape index (κ1) is 23.8. The molecular weight excluding hydrogens is 432 g/mol. The van der Waals surface area contributed by atoms with Crippen LogP contribution in [0.3, 0.4) is 0 Å². The molecule has 2 aliphatic carbocycles. The van der Waals surface area contributed by atoms with E-state index in [9.17, 15) is 19.5 Å². The van der Waals surface area contributed by atoms with E-state index in [0.29, 0.717) is 19.3 Å². The smallest absolute Gasteiger partial charge is 0.408 e. The predicted molar refractivity (Wildman–Crippen MR) is 129 cm³/mol. The normalized spacial score (nSPS) is 17.2. The number of carboxylic acid groups (broad SMARTS) is 1. The summed E-state index contributed by atoms with van der Waals surface area (Å²) in [5, 5.41) is 12.4. The van der Waals surface area contributed by atoms with E-state index in [4.69, 9.17) is 4.74 Å². The average Bonchev–Trinajstić information content (AvgIpc) is 3.16. The Morgan fingerprint density at radius 3 is 2.12 bits per heavy atom. The van der Waals surface area contributed by atoms with Crippen molar-refractivity contribution in [1.29, 1.82) is 0 Å². The van der Waals surface area contributed by atoms with E-state index in [1.807, 2.05) is 24.3 Å². The van der Waals surface area contributed by atoms with Crippen LogP contribution in [0.1, 0.15) is 62.5 Å². The molecule has 0 radical (unpaired) electrons. The summed E-state index contributed by atoms with van der Waals surface area (Å²) in [5.41, 5.74) is 3.39. The second-order valence-corrected chi connectivity index (χ2v) is 9.27. The van der Waals surface area contributed by atoms with Gasteiger partial charge in [-0.1, -0.05) is 74.7 Å². The second kappa shape index (κ2) is 9.87. The van der Waals surface area contributed by atoms with Crippen molar-refractivity contribution >= 4 is 18.0 Å². The minimum absolute atomic E-state index is 0.0738. The first-order valence-electron chi connectivity index (χ1n) is 12.0. The number of carboxylic acids is 1. The highest BCUT2D eigenvalue weighted by atomic mass is 16.5. The Hall–Kier alpha value is -3.35. The number of aliphatic carboxylic acids is 1. The molecule has 2 aliphatic rings. The maximum Gasteiger partial charge on any atom is 0.408 e. The Balaban J connectivity index is 1.49. The molecule has 2 amide bonds. The Morgan fingerprint density at radius 2 is 1.59 bits per heavy atom. The van der Waals surface area contributed by atoms with Gasteiger partial charge in [-0.15, -0.1) is 0 Å². The number of fused-ring (bicyclic) bond motifs is 3. The number of alkyl carbamates (subject to hydrolysis) is 1. The van der Waals surface area contributed by atoms with Crippen molar-refractivity contribution in [3.8, 4) is 11.1 Å². The number of carbonyl (C=O) groups is 3. The largest absolute Gasteiger partial charge is 0.480 e. The molecule has 0 heterocycles. The molecule has 0 bridgehead atoms. The molecule has 4 rings (SSSR count). The summed E-state index contributed by atoms with van der Waals surface area (Å²) in [6, 6.07) is 15.3. The van der Waals surface area contributed by atoms with Crippen LogP contribution in [-0.2, 0) is 14.3 Å². The van der Waals surface area contributed by atoms with Gasteiger partial charge in [-0.3, -0.25) is 4.79 Å². The second-order valence-electron chi connectivity index (χ2n) is 9.27. The molecule has 1 saturated carbocycles. The van der Waals surface area contributed by atoms with E-state index in [1.165, 1.54) is 11.9 Å². The minimum Gasteiger partial charge on any atom is -0.480 e. The molecule has 7 heteroatoms. The van der Waals surface area contributed by atoms with Crippen LogP contribution in [0.15, 0.2) is 48.5 Å². The summed E-state index contributed by atoms with van der Waals surface area (Å²) in [6.07, 6.45) is 3.13. The van der Waals surface area contributed by atoms with Crippen LogP contribution < -0.4 is 5.32 Å². The fourth-order valence-corrected chi connectivity index (χ4v) is 5.47. The third-order valence-corrected chi connectivity index (χ3v) is 7.26. The number of nitrogens with zero attached hydrogens (tertiary/aromatic N) is 1. The highest BCUT2D eigenvalue weighted by Crippen LogP contribution is 2.44. The lowest BCUT2D eigenvalue weighted by molar-refractivity contribution is -0.152. The van der Waals surface area contributed by atoms with E-state index in [2.05, 4.69) is 29.6 Å². The Morgan fingerprint density at radius 1 is 1.03 bits per heavy atom. The number of rotatable bonds is 7. The summed E-state index contributed by atoms with van der Waals surface area (Å²) in [7, 11) is 1.50. The Kier molecular flexibility index (Phi) is 6.91. The number of hydrogen-bond acceptors (Lipinski definition) is 4. The van der Waals surface area contributed by atoms with E-state index in [1.54, 1.807) is 6.92 Å². The quantitative estimate of drug-likeness (QED) is 0.627. The third-order valence-electron chi connectivity index (χ3n) is 7.26. The van der Waals surface area contributed by atoms with Crippen molar-refractivity contribution in [2.45, 2.75) is 62.9 Å². The number of nitrogens with one attached hydrogen (secondary N) is 1. The zero-order chi connectivity index (χ0) is 24.3. The van der Waals surface area contributed by atoms with Crippen molar-refractivity contribution in [2.75, 3.05) is 13.7 Å². The summed E-state index contributed by atoms with van der Waals surface area (Å²) in [4.78, 5) is 39.3. The van der Waals surface area contributed by atoms with Crippen molar-refractivity contribution < 1.29 is 24.2 Å². The number of hydrogen-bond donors (Lipinski definition) is 2. The maximum absolute atomic E-state index is 13.4. The fraction of sp³-hybridized carbons (Fsp3) is 0.444. The van der Waals surface area contributed by atoms with Crippen LogP contribution in [0.5, 0.6) is 0 Å².